The van der Waals surface area contributed by atoms with Crippen LogP contribution in [0.3, 0.4) is 0 Å². The summed E-state index contributed by atoms with van der Waals surface area (Å²) < 4.78 is 6.23. The van der Waals surface area contributed by atoms with Crippen molar-refractivity contribution in [1.82, 2.24) is 5.32 Å². The molecule has 112 valence electrons. The van der Waals surface area contributed by atoms with Crippen molar-refractivity contribution in [2.24, 2.45) is 5.73 Å². The Morgan fingerprint density at radius 1 is 1.45 bits per heavy atom. The van der Waals surface area contributed by atoms with Gasteiger partial charge in [-0.1, -0.05) is 35.0 Å². The molecule has 2 unspecified atom stereocenters. The van der Waals surface area contributed by atoms with Gasteiger partial charge >= 0.3 is 6.09 Å². The van der Waals surface area contributed by atoms with Crippen molar-refractivity contribution in [3.63, 3.8) is 0 Å². The van der Waals surface area contributed by atoms with E-state index in [1.54, 1.807) is 0 Å². The lowest BCUT2D eigenvalue weighted by Gasteiger charge is -2.27. The molecule has 1 amide bonds. The lowest BCUT2D eigenvalue weighted by Crippen LogP contribution is -2.44. The highest BCUT2D eigenvalue weighted by Crippen LogP contribution is 2.20. The Labute approximate surface area is 129 Å². The largest absolute Gasteiger partial charge is 0.444 e. The van der Waals surface area contributed by atoms with E-state index in [2.05, 4.69) is 21.2 Å². The molecule has 0 aliphatic carbocycles. The SMILES string of the molecule is CCC(NC(=O)OC(C)(C)C)C(N)c1cccc(Br)c1. The molecule has 0 fully saturated rings. The molecule has 0 bridgehead atoms. The number of ether oxygens (including phenoxy) is 1. The number of halogens is 1. The standard InChI is InChI=1S/C15H23BrN2O2/c1-5-12(18-14(19)20-15(2,3)4)13(17)10-7-6-8-11(16)9-10/h6-9,12-13H,5,17H2,1-4H3,(H,18,19). The number of rotatable bonds is 4. The predicted molar refractivity (Wildman–Crippen MR) is 84.5 cm³/mol. The number of nitrogens with one attached hydrogen (secondary N) is 1. The number of carbonyl (C=O) groups is 1. The average Bonchev–Trinajstić information content (AvgIpc) is 2.33. The van der Waals surface area contributed by atoms with Gasteiger partial charge in [-0.25, -0.2) is 4.79 Å². The molecule has 0 aliphatic rings. The van der Waals surface area contributed by atoms with Gasteiger partial charge in [0.15, 0.2) is 0 Å². The van der Waals surface area contributed by atoms with Crippen LogP contribution in [0.2, 0.25) is 0 Å². The van der Waals surface area contributed by atoms with E-state index >= 15 is 0 Å². The van der Waals surface area contributed by atoms with Crippen molar-refractivity contribution in [2.45, 2.75) is 51.8 Å². The predicted octanol–water partition coefficient (Wildman–Crippen LogP) is 3.75. The number of hydrogen-bond acceptors (Lipinski definition) is 3. The van der Waals surface area contributed by atoms with E-state index in [1.807, 2.05) is 52.0 Å². The van der Waals surface area contributed by atoms with Crippen molar-refractivity contribution in [3.8, 4) is 0 Å². The van der Waals surface area contributed by atoms with Crippen molar-refractivity contribution in [1.29, 1.82) is 0 Å². The average molecular weight is 343 g/mol. The summed E-state index contributed by atoms with van der Waals surface area (Å²) in [7, 11) is 0. The van der Waals surface area contributed by atoms with Crippen LogP contribution in [0, 0.1) is 0 Å². The lowest BCUT2D eigenvalue weighted by molar-refractivity contribution is 0.0495. The van der Waals surface area contributed by atoms with E-state index in [1.165, 1.54) is 0 Å². The molecular weight excluding hydrogens is 320 g/mol. The number of alkyl carbamates (subject to hydrolysis) is 1. The second-order valence-electron chi connectivity index (χ2n) is 5.74. The maximum absolute atomic E-state index is 11.8. The Bertz CT molecular complexity index is 457. The molecule has 20 heavy (non-hydrogen) atoms. The highest BCUT2D eigenvalue weighted by atomic mass is 79.9. The maximum atomic E-state index is 11.8. The fourth-order valence-electron chi connectivity index (χ4n) is 1.85. The summed E-state index contributed by atoms with van der Waals surface area (Å²) in [5.41, 5.74) is 6.70. The minimum absolute atomic E-state index is 0.167. The number of nitrogens with two attached hydrogens (primary N) is 1. The number of amides is 1. The summed E-state index contributed by atoms with van der Waals surface area (Å²) in [6.07, 6.45) is 0.294. The molecule has 2 atom stereocenters. The van der Waals surface area contributed by atoms with E-state index in [0.29, 0.717) is 0 Å². The van der Waals surface area contributed by atoms with Gasteiger partial charge in [0.2, 0.25) is 0 Å². The van der Waals surface area contributed by atoms with E-state index < -0.39 is 11.7 Å². The first-order valence-corrected chi connectivity index (χ1v) is 7.53. The van der Waals surface area contributed by atoms with Crippen LogP contribution in [0.5, 0.6) is 0 Å². The fourth-order valence-corrected chi connectivity index (χ4v) is 2.27. The highest BCUT2D eigenvalue weighted by Gasteiger charge is 2.23. The summed E-state index contributed by atoms with van der Waals surface area (Å²) in [5.74, 6) is 0. The van der Waals surface area contributed by atoms with Crippen LogP contribution in [0.25, 0.3) is 0 Å². The number of carbonyl (C=O) groups excluding carboxylic acids is 1. The molecule has 1 aromatic carbocycles. The van der Waals surface area contributed by atoms with Crippen LogP contribution in [0.4, 0.5) is 4.79 Å². The third-order valence-electron chi connectivity index (χ3n) is 2.81. The molecule has 0 radical (unpaired) electrons. The zero-order valence-corrected chi connectivity index (χ0v) is 14.0. The zero-order chi connectivity index (χ0) is 15.3. The van der Waals surface area contributed by atoms with Gasteiger partial charge in [-0.05, 0) is 44.9 Å². The molecule has 1 aromatic rings. The summed E-state index contributed by atoms with van der Waals surface area (Å²) in [6, 6.07) is 7.35. The second-order valence-corrected chi connectivity index (χ2v) is 6.66. The van der Waals surface area contributed by atoms with Crippen LogP contribution >= 0.6 is 15.9 Å². The Hall–Kier alpha value is -1.07. The van der Waals surface area contributed by atoms with Crippen LogP contribution < -0.4 is 11.1 Å². The molecule has 0 spiro atoms. The van der Waals surface area contributed by atoms with Gasteiger partial charge in [0.05, 0.1) is 12.1 Å². The molecule has 0 aromatic heterocycles. The third-order valence-corrected chi connectivity index (χ3v) is 3.30. The van der Waals surface area contributed by atoms with Gasteiger partial charge in [-0.15, -0.1) is 0 Å². The van der Waals surface area contributed by atoms with Crippen molar-refractivity contribution in [2.75, 3.05) is 0 Å². The van der Waals surface area contributed by atoms with Crippen LogP contribution in [-0.2, 0) is 4.74 Å². The number of benzene rings is 1. The molecule has 3 N–H and O–H groups in total. The summed E-state index contributed by atoms with van der Waals surface area (Å²) in [6.45, 7) is 7.49. The highest BCUT2D eigenvalue weighted by molar-refractivity contribution is 9.10. The summed E-state index contributed by atoms with van der Waals surface area (Å²) >= 11 is 3.42. The van der Waals surface area contributed by atoms with E-state index in [9.17, 15) is 4.79 Å². The van der Waals surface area contributed by atoms with Gasteiger partial charge in [-0.3, -0.25) is 0 Å². The van der Waals surface area contributed by atoms with Crippen molar-refractivity contribution in [3.05, 3.63) is 34.3 Å². The molecule has 0 aliphatic heterocycles. The first kappa shape index (κ1) is 17.0. The van der Waals surface area contributed by atoms with Gasteiger partial charge in [0.25, 0.3) is 0 Å². The first-order valence-electron chi connectivity index (χ1n) is 6.73. The molecular formula is C15H23BrN2O2. The monoisotopic (exact) mass is 342 g/mol. The first-order chi connectivity index (χ1) is 9.23. The third kappa shape index (κ3) is 5.51. The molecule has 5 heteroatoms. The van der Waals surface area contributed by atoms with Crippen LogP contribution in [-0.4, -0.2) is 17.7 Å². The van der Waals surface area contributed by atoms with Gasteiger partial charge in [-0.2, -0.15) is 0 Å². The van der Waals surface area contributed by atoms with E-state index in [4.69, 9.17) is 10.5 Å². The van der Waals surface area contributed by atoms with Gasteiger partial charge in [0.1, 0.15) is 5.60 Å². The molecule has 4 nitrogen and oxygen atoms in total. The normalized spacial score (nSPS) is 14.5. The topological polar surface area (TPSA) is 64.3 Å². The van der Waals surface area contributed by atoms with Gasteiger partial charge < -0.3 is 15.8 Å². The Balaban J connectivity index is 2.73. The zero-order valence-electron chi connectivity index (χ0n) is 12.4. The maximum Gasteiger partial charge on any atom is 0.407 e. The Kier molecular flexibility index (Phi) is 6.02. The smallest absolute Gasteiger partial charge is 0.407 e. The van der Waals surface area contributed by atoms with E-state index in [-0.39, 0.29) is 12.1 Å². The van der Waals surface area contributed by atoms with Crippen molar-refractivity contribution >= 4 is 22.0 Å². The Morgan fingerprint density at radius 2 is 2.10 bits per heavy atom. The quantitative estimate of drug-likeness (QED) is 0.875. The minimum atomic E-state index is -0.512. The minimum Gasteiger partial charge on any atom is -0.444 e. The summed E-state index contributed by atoms with van der Waals surface area (Å²) in [5, 5.41) is 2.84. The molecule has 1 rings (SSSR count). The van der Waals surface area contributed by atoms with Crippen LogP contribution in [0.1, 0.15) is 45.7 Å². The fraction of sp³-hybridized carbons (Fsp3) is 0.533. The molecule has 0 saturated carbocycles. The molecule has 0 heterocycles. The number of hydrogen-bond donors (Lipinski definition) is 2. The molecule has 0 saturated heterocycles. The van der Waals surface area contributed by atoms with E-state index in [0.717, 1.165) is 16.5 Å². The van der Waals surface area contributed by atoms with Crippen LogP contribution in [0.15, 0.2) is 28.7 Å². The van der Waals surface area contributed by atoms with Crippen molar-refractivity contribution < 1.29 is 9.53 Å². The summed E-state index contributed by atoms with van der Waals surface area (Å²) in [4.78, 5) is 11.8. The van der Waals surface area contributed by atoms with Gasteiger partial charge in [0, 0.05) is 4.47 Å². The lowest BCUT2D eigenvalue weighted by atomic mass is 9.98. The Morgan fingerprint density at radius 3 is 2.60 bits per heavy atom. The second kappa shape index (κ2) is 7.09.